The second-order valence-corrected chi connectivity index (χ2v) is 8.34. The van der Waals surface area contributed by atoms with E-state index in [2.05, 4.69) is 5.32 Å². The molecule has 1 amide bonds. The molecule has 26 heavy (non-hydrogen) atoms. The Bertz CT molecular complexity index is 922. The fourth-order valence-electron chi connectivity index (χ4n) is 3.03. The van der Waals surface area contributed by atoms with Gasteiger partial charge in [-0.25, -0.2) is 12.8 Å². The predicted octanol–water partition coefficient (Wildman–Crippen LogP) is 3.56. The highest BCUT2D eigenvalue weighted by atomic mass is 32.2. The summed E-state index contributed by atoms with van der Waals surface area (Å²) >= 11 is 0. The quantitative estimate of drug-likeness (QED) is 0.887. The predicted molar refractivity (Wildman–Crippen MR) is 98.1 cm³/mol. The molecular weight excluding hydrogens is 355 g/mol. The minimum Gasteiger partial charge on any atom is -0.322 e. The monoisotopic (exact) mass is 376 g/mol. The van der Waals surface area contributed by atoms with Crippen LogP contribution in [0.25, 0.3) is 0 Å². The van der Waals surface area contributed by atoms with E-state index >= 15 is 0 Å². The molecule has 7 heteroatoms. The number of anilines is 1. The summed E-state index contributed by atoms with van der Waals surface area (Å²) in [5.41, 5.74) is 1.22. The number of halogens is 1. The first-order chi connectivity index (χ1) is 12.4. The molecule has 0 radical (unpaired) electrons. The van der Waals surface area contributed by atoms with E-state index in [4.69, 9.17) is 0 Å². The Morgan fingerprint density at radius 1 is 1.08 bits per heavy atom. The van der Waals surface area contributed by atoms with Gasteiger partial charge in [0, 0.05) is 24.3 Å². The van der Waals surface area contributed by atoms with E-state index in [1.807, 2.05) is 0 Å². The van der Waals surface area contributed by atoms with Crippen molar-refractivity contribution in [1.29, 1.82) is 0 Å². The second kappa shape index (κ2) is 7.55. The lowest BCUT2D eigenvalue weighted by Gasteiger charge is -2.26. The van der Waals surface area contributed by atoms with Gasteiger partial charge in [-0.2, -0.15) is 4.31 Å². The van der Waals surface area contributed by atoms with Crippen molar-refractivity contribution in [2.75, 3.05) is 18.4 Å². The Balaban J connectivity index is 1.88. The standard InChI is InChI=1S/C19H21FN2O3S/c1-14-8-9-17(26(24,25)22-10-3-2-4-11-22)13-18(14)19(23)21-16-7-5-6-15(20)12-16/h5-9,12-13H,2-4,10-11H2,1H3,(H,21,23). The number of nitrogens with zero attached hydrogens (tertiary/aromatic N) is 1. The van der Waals surface area contributed by atoms with Crippen molar-refractivity contribution >= 4 is 21.6 Å². The number of nitrogens with one attached hydrogen (secondary N) is 1. The van der Waals surface area contributed by atoms with Crippen molar-refractivity contribution in [3.05, 3.63) is 59.4 Å². The molecule has 1 heterocycles. The number of rotatable bonds is 4. The summed E-state index contributed by atoms with van der Waals surface area (Å²) in [5, 5.41) is 2.61. The Morgan fingerprint density at radius 3 is 2.50 bits per heavy atom. The Labute approximate surface area is 152 Å². The van der Waals surface area contributed by atoms with Crippen LogP contribution in [0.15, 0.2) is 47.4 Å². The normalized spacial score (nSPS) is 15.6. The van der Waals surface area contributed by atoms with Gasteiger partial charge in [0.15, 0.2) is 0 Å². The van der Waals surface area contributed by atoms with E-state index in [0.717, 1.165) is 19.3 Å². The SMILES string of the molecule is Cc1ccc(S(=O)(=O)N2CCCCC2)cc1C(=O)Nc1cccc(F)c1. The average Bonchev–Trinajstić information content (AvgIpc) is 2.62. The minimum atomic E-state index is -3.62. The van der Waals surface area contributed by atoms with Crippen LogP contribution in [-0.4, -0.2) is 31.7 Å². The van der Waals surface area contributed by atoms with Crippen molar-refractivity contribution < 1.29 is 17.6 Å². The summed E-state index contributed by atoms with van der Waals surface area (Å²) in [6, 6.07) is 10.1. The topological polar surface area (TPSA) is 66.5 Å². The summed E-state index contributed by atoms with van der Waals surface area (Å²) in [7, 11) is -3.62. The number of hydrogen-bond acceptors (Lipinski definition) is 3. The van der Waals surface area contributed by atoms with E-state index in [9.17, 15) is 17.6 Å². The molecule has 0 saturated carbocycles. The molecule has 5 nitrogen and oxygen atoms in total. The lowest BCUT2D eigenvalue weighted by molar-refractivity contribution is 0.102. The summed E-state index contributed by atoms with van der Waals surface area (Å²) in [4.78, 5) is 12.7. The third-order valence-corrected chi connectivity index (χ3v) is 6.38. The second-order valence-electron chi connectivity index (χ2n) is 6.41. The van der Waals surface area contributed by atoms with Gasteiger partial charge < -0.3 is 5.32 Å². The number of carbonyl (C=O) groups excluding carboxylic acids is 1. The van der Waals surface area contributed by atoms with Crippen LogP contribution in [0.4, 0.5) is 10.1 Å². The summed E-state index contributed by atoms with van der Waals surface area (Å²) < 4.78 is 40.4. The van der Waals surface area contributed by atoms with Gasteiger partial charge in [-0.05, 0) is 55.7 Å². The zero-order valence-corrected chi connectivity index (χ0v) is 15.4. The van der Waals surface area contributed by atoms with Crippen LogP contribution in [0.2, 0.25) is 0 Å². The molecule has 0 atom stereocenters. The summed E-state index contributed by atoms with van der Waals surface area (Å²) in [6.07, 6.45) is 2.72. The number of piperidine rings is 1. The average molecular weight is 376 g/mol. The molecule has 0 unspecified atom stereocenters. The molecule has 1 aliphatic heterocycles. The van der Waals surface area contributed by atoms with Gasteiger partial charge in [0.05, 0.1) is 4.90 Å². The van der Waals surface area contributed by atoms with Crippen LogP contribution in [0.3, 0.4) is 0 Å². The molecule has 2 aromatic carbocycles. The number of sulfonamides is 1. The molecule has 0 bridgehead atoms. The fraction of sp³-hybridized carbons (Fsp3) is 0.316. The first-order valence-corrected chi connectivity index (χ1v) is 10.00. The van der Waals surface area contributed by atoms with Crippen LogP contribution in [0, 0.1) is 12.7 Å². The van der Waals surface area contributed by atoms with E-state index in [0.29, 0.717) is 24.3 Å². The van der Waals surface area contributed by atoms with Gasteiger partial charge in [0.25, 0.3) is 5.91 Å². The van der Waals surface area contributed by atoms with Gasteiger partial charge >= 0.3 is 0 Å². The number of carbonyl (C=O) groups is 1. The largest absolute Gasteiger partial charge is 0.322 e. The van der Waals surface area contributed by atoms with Crippen molar-refractivity contribution in [2.45, 2.75) is 31.1 Å². The molecule has 3 rings (SSSR count). The molecule has 1 saturated heterocycles. The maximum Gasteiger partial charge on any atom is 0.255 e. The fourth-order valence-corrected chi connectivity index (χ4v) is 4.57. The molecule has 138 valence electrons. The van der Waals surface area contributed by atoms with Gasteiger partial charge in [0.1, 0.15) is 5.82 Å². The minimum absolute atomic E-state index is 0.106. The third-order valence-electron chi connectivity index (χ3n) is 4.49. The van der Waals surface area contributed by atoms with Crippen LogP contribution >= 0.6 is 0 Å². The van der Waals surface area contributed by atoms with Crippen LogP contribution in [0.5, 0.6) is 0 Å². The summed E-state index contributed by atoms with van der Waals surface area (Å²) in [6.45, 7) is 2.74. The maximum absolute atomic E-state index is 13.3. The van der Waals surface area contributed by atoms with Gasteiger partial charge in [-0.15, -0.1) is 0 Å². The van der Waals surface area contributed by atoms with Gasteiger partial charge in [0.2, 0.25) is 10.0 Å². The molecule has 1 aliphatic rings. The summed E-state index contributed by atoms with van der Waals surface area (Å²) in [5.74, 6) is -0.926. The van der Waals surface area contributed by atoms with E-state index < -0.39 is 21.7 Å². The zero-order valence-electron chi connectivity index (χ0n) is 14.5. The highest BCUT2D eigenvalue weighted by molar-refractivity contribution is 7.89. The zero-order chi connectivity index (χ0) is 18.7. The van der Waals surface area contributed by atoms with E-state index in [-0.39, 0.29) is 10.5 Å². The lowest BCUT2D eigenvalue weighted by atomic mass is 10.1. The Morgan fingerprint density at radius 2 is 1.81 bits per heavy atom. The van der Waals surface area contributed by atoms with Crippen molar-refractivity contribution in [3.63, 3.8) is 0 Å². The van der Waals surface area contributed by atoms with E-state index in [1.165, 1.54) is 34.6 Å². The smallest absolute Gasteiger partial charge is 0.255 e. The molecule has 1 N–H and O–H groups in total. The number of aryl methyl sites for hydroxylation is 1. The number of benzene rings is 2. The number of hydrogen-bond donors (Lipinski definition) is 1. The van der Waals surface area contributed by atoms with Crippen molar-refractivity contribution in [1.82, 2.24) is 4.31 Å². The molecule has 0 aliphatic carbocycles. The highest BCUT2D eigenvalue weighted by Gasteiger charge is 2.27. The number of amides is 1. The van der Waals surface area contributed by atoms with Crippen molar-refractivity contribution in [3.8, 4) is 0 Å². The molecule has 1 fully saturated rings. The molecular formula is C19H21FN2O3S. The highest BCUT2D eigenvalue weighted by Crippen LogP contribution is 2.23. The molecule has 2 aromatic rings. The lowest BCUT2D eigenvalue weighted by Crippen LogP contribution is -2.35. The third kappa shape index (κ3) is 3.94. The Hall–Kier alpha value is -2.25. The molecule has 0 aromatic heterocycles. The van der Waals surface area contributed by atoms with Gasteiger partial charge in [-0.3, -0.25) is 4.79 Å². The first kappa shape index (κ1) is 18.5. The molecule has 0 spiro atoms. The van der Waals surface area contributed by atoms with Crippen LogP contribution < -0.4 is 5.32 Å². The van der Waals surface area contributed by atoms with Crippen molar-refractivity contribution in [2.24, 2.45) is 0 Å². The van der Waals surface area contributed by atoms with Crippen LogP contribution in [-0.2, 0) is 10.0 Å². The van der Waals surface area contributed by atoms with Crippen LogP contribution in [0.1, 0.15) is 35.2 Å². The maximum atomic E-state index is 13.3. The van der Waals surface area contributed by atoms with Gasteiger partial charge in [-0.1, -0.05) is 18.6 Å². The Kier molecular flexibility index (Phi) is 5.38. The first-order valence-electron chi connectivity index (χ1n) is 8.55. The van der Waals surface area contributed by atoms with E-state index in [1.54, 1.807) is 19.1 Å².